The number of nitrogens with one attached hydrogen (secondary N) is 1. The first-order valence-electron chi connectivity index (χ1n) is 6.73. The van der Waals surface area contributed by atoms with Crippen molar-refractivity contribution in [3.8, 4) is 5.75 Å². The van der Waals surface area contributed by atoms with Crippen LogP contribution in [0, 0.1) is 0 Å². The first-order valence-corrected chi connectivity index (χ1v) is 6.73. The van der Waals surface area contributed by atoms with Crippen LogP contribution in [0.2, 0.25) is 0 Å². The fourth-order valence-electron chi connectivity index (χ4n) is 2.66. The van der Waals surface area contributed by atoms with Crippen molar-refractivity contribution in [3.05, 3.63) is 29.3 Å². The van der Waals surface area contributed by atoms with Crippen molar-refractivity contribution < 1.29 is 5.11 Å². The normalized spacial score (nSPS) is 23.8. The molecule has 1 unspecified atom stereocenters. The van der Waals surface area contributed by atoms with E-state index >= 15 is 0 Å². The second-order valence-corrected chi connectivity index (χ2v) is 5.77. The van der Waals surface area contributed by atoms with Crippen molar-refractivity contribution in [1.29, 1.82) is 0 Å². The number of rotatable bonds is 4. The van der Waals surface area contributed by atoms with E-state index in [0.29, 0.717) is 5.75 Å². The molecule has 0 aromatic heterocycles. The van der Waals surface area contributed by atoms with Gasteiger partial charge in [0.25, 0.3) is 0 Å². The molecular weight excluding hydrogens is 224 g/mol. The summed E-state index contributed by atoms with van der Waals surface area (Å²) in [5, 5.41) is 13.6. The third kappa shape index (κ3) is 2.85. The summed E-state index contributed by atoms with van der Waals surface area (Å²) in [6.45, 7) is 4.26. The van der Waals surface area contributed by atoms with Gasteiger partial charge in [0.1, 0.15) is 5.75 Å². The maximum absolute atomic E-state index is 10.1. The minimum atomic E-state index is -0.0573. The number of nitrogens with zero attached hydrogens (tertiary/aromatic N) is 1. The monoisotopic (exact) mass is 248 g/mol. The molecule has 1 heterocycles. The first kappa shape index (κ1) is 13.4. The van der Waals surface area contributed by atoms with Crippen LogP contribution in [-0.2, 0) is 12.0 Å². The number of likely N-dealkylation sites (N-methyl/N-ethyl adjacent to an activating group) is 1. The van der Waals surface area contributed by atoms with Gasteiger partial charge in [0.2, 0.25) is 0 Å². The van der Waals surface area contributed by atoms with E-state index in [-0.39, 0.29) is 5.54 Å². The molecule has 0 spiro atoms. The summed E-state index contributed by atoms with van der Waals surface area (Å²) in [5.74, 6) is 0.417. The summed E-state index contributed by atoms with van der Waals surface area (Å²) in [6, 6.07) is 6.03. The highest BCUT2D eigenvalue weighted by molar-refractivity contribution is 5.41. The standard InChI is InChI=1S/C15H24N2O/c1-15(8-4-9-16-15)13-11-12(5-6-14(13)18)7-10-17(2)3/h5-6,11,16,18H,4,7-10H2,1-3H3. The summed E-state index contributed by atoms with van der Waals surface area (Å²) in [5.41, 5.74) is 2.29. The van der Waals surface area contributed by atoms with E-state index in [4.69, 9.17) is 0 Å². The van der Waals surface area contributed by atoms with Crippen LogP contribution in [0.25, 0.3) is 0 Å². The Labute approximate surface area is 110 Å². The largest absolute Gasteiger partial charge is 0.508 e. The summed E-state index contributed by atoms with van der Waals surface area (Å²) >= 11 is 0. The van der Waals surface area contributed by atoms with Gasteiger partial charge >= 0.3 is 0 Å². The maximum Gasteiger partial charge on any atom is 0.120 e. The fraction of sp³-hybridized carbons (Fsp3) is 0.600. The lowest BCUT2D eigenvalue weighted by Crippen LogP contribution is -2.33. The van der Waals surface area contributed by atoms with Gasteiger partial charge in [-0.2, -0.15) is 0 Å². The summed E-state index contributed by atoms with van der Waals surface area (Å²) in [4.78, 5) is 2.18. The molecule has 1 atom stereocenters. The van der Waals surface area contributed by atoms with E-state index in [1.807, 2.05) is 12.1 Å². The molecule has 0 radical (unpaired) electrons. The van der Waals surface area contributed by atoms with Gasteiger partial charge in [-0.15, -0.1) is 0 Å². The summed E-state index contributed by atoms with van der Waals surface area (Å²) < 4.78 is 0. The van der Waals surface area contributed by atoms with Crippen molar-refractivity contribution in [3.63, 3.8) is 0 Å². The van der Waals surface area contributed by atoms with Crippen LogP contribution in [-0.4, -0.2) is 37.2 Å². The van der Waals surface area contributed by atoms with Crippen molar-refractivity contribution in [1.82, 2.24) is 10.2 Å². The molecule has 3 nitrogen and oxygen atoms in total. The van der Waals surface area contributed by atoms with Gasteiger partial charge in [-0.05, 0) is 58.5 Å². The van der Waals surface area contributed by atoms with Crippen LogP contribution in [0.15, 0.2) is 18.2 Å². The molecule has 2 rings (SSSR count). The van der Waals surface area contributed by atoms with Crippen LogP contribution < -0.4 is 5.32 Å². The van der Waals surface area contributed by atoms with Gasteiger partial charge in [0.05, 0.1) is 0 Å². The fourth-order valence-corrected chi connectivity index (χ4v) is 2.66. The first-order chi connectivity index (χ1) is 8.51. The number of hydrogen-bond acceptors (Lipinski definition) is 3. The van der Waals surface area contributed by atoms with Crippen LogP contribution in [0.1, 0.15) is 30.9 Å². The Bertz CT molecular complexity index is 409. The Kier molecular flexibility index (Phi) is 3.93. The topological polar surface area (TPSA) is 35.5 Å². The van der Waals surface area contributed by atoms with Gasteiger partial charge < -0.3 is 15.3 Å². The Morgan fingerprint density at radius 1 is 1.39 bits per heavy atom. The highest BCUT2D eigenvalue weighted by Gasteiger charge is 2.32. The van der Waals surface area contributed by atoms with E-state index in [1.165, 1.54) is 12.0 Å². The van der Waals surface area contributed by atoms with E-state index in [0.717, 1.165) is 31.5 Å². The number of phenolic OH excluding ortho intramolecular Hbond substituents is 1. The van der Waals surface area contributed by atoms with Gasteiger partial charge in [-0.25, -0.2) is 0 Å². The average molecular weight is 248 g/mol. The van der Waals surface area contributed by atoms with Crippen LogP contribution >= 0.6 is 0 Å². The van der Waals surface area contributed by atoms with Crippen LogP contribution in [0.5, 0.6) is 5.75 Å². The molecule has 1 aromatic carbocycles. The highest BCUT2D eigenvalue weighted by atomic mass is 16.3. The zero-order valence-electron chi connectivity index (χ0n) is 11.7. The predicted octanol–water partition coefficient (Wildman–Crippen LogP) is 2.09. The van der Waals surface area contributed by atoms with Gasteiger partial charge in [0.15, 0.2) is 0 Å². The molecular formula is C15H24N2O. The zero-order chi connectivity index (χ0) is 13.2. The second kappa shape index (κ2) is 5.29. The van der Waals surface area contributed by atoms with Crippen molar-refractivity contribution in [2.75, 3.05) is 27.2 Å². The third-order valence-corrected chi connectivity index (χ3v) is 3.87. The number of phenols is 1. The lowest BCUT2D eigenvalue weighted by Gasteiger charge is -2.26. The smallest absolute Gasteiger partial charge is 0.120 e. The third-order valence-electron chi connectivity index (χ3n) is 3.87. The molecule has 1 fully saturated rings. The molecule has 1 aromatic rings. The molecule has 3 heteroatoms. The van der Waals surface area contributed by atoms with E-state index in [9.17, 15) is 5.11 Å². The molecule has 2 N–H and O–H groups in total. The van der Waals surface area contributed by atoms with Crippen molar-refractivity contribution in [2.45, 2.75) is 31.7 Å². The SMILES string of the molecule is CN(C)CCc1ccc(O)c(C2(C)CCCN2)c1. The van der Waals surface area contributed by atoms with Gasteiger partial charge in [-0.1, -0.05) is 12.1 Å². The number of aromatic hydroxyl groups is 1. The van der Waals surface area contributed by atoms with Crippen LogP contribution in [0.3, 0.4) is 0 Å². The Balaban J connectivity index is 2.21. The predicted molar refractivity (Wildman–Crippen MR) is 75.0 cm³/mol. The van der Waals surface area contributed by atoms with Crippen molar-refractivity contribution >= 4 is 0 Å². The molecule has 1 aliphatic heterocycles. The quantitative estimate of drug-likeness (QED) is 0.856. The molecule has 1 aliphatic rings. The molecule has 0 amide bonds. The van der Waals surface area contributed by atoms with E-state index < -0.39 is 0 Å². The van der Waals surface area contributed by atoms with Gasteiger partial charge in [0, 0.05) is 17.6 Å². The number of hydrogen-bond donors (Lipinski definition) is 2. The average Bonchev–Trinajstić information content (AvgIpc) is 2.76. The molecule has 0 saturated carbocycles. The summed E-state index contributed by atoms with van der Waals surface area (Å²) in [7, 11) is 4.17. The minimum Gasteiger partial charge on any atom is -0.508 e. The molecule has 0 bridgehead atoms. The van der Waals surface area contributed by atoms with Crippen LogP contribution in [0.4, 0.5) is 0 Å². The maximum atomic E-state index is 10.1. The Morgan fingerprint density at radius 2 is 2.17 bits per heavy atom. The highest BCUT2D eigenvalue weighted by Crippen LogP contribution is 2.36. The number of benzene rings is 1. The molecule has 100 valence electrons. The van der Waals surface area contributed by atoms with Crippen molar-refractivity contribution in [2.24, 2.45) is 0 Å². The van der Waals surface area contributed by atoms with E-state index in [1.54, 1.807) is 0 Å². The molecule has 0 aliphatic carbocycles. The zero-order valence-corrected chi connectivity index (χ0v) is 11.7. The molecule has 1 saturated heterocycles. The Morgan fingerprint density at radius 3 is 2.78 bits per heavy atom. The minimum absolute atomic E-state index is 0.0573. The molecule has 18 heavy (non-hydrogen) atoms. The lowest BCUT2D eigenvalue weighted by atomic mass is 9.88. The van der Waals surface area contributed by atoms with Gasteiger partial charge in [-0.3, -0.25) is 0 Å². The lowest BCUT2D eigenvalue weighted by molar-refractivity contribution is 0.392. The second-order valence-electron chi connectivity index (χ2n) is 5.77. The Hall–Kier alpha value is -1.06. The summed E-state index contributed by atoms with van der Waals surface area (Å²) in [6.07, 6.45) is 3.30. The van der Waals surface area contributed by atoms with E-state index in [2.05, 4.69) is 37.3 Å².